The van der Waals surface area contributed by atoms with Crippen LogP contribution in [0.25, 0.3) is 11.3 Å². The molecular formula is C28H25N3O5S. The number of aromatic nitrogens is 2. The molecule has 2 aliphatic rings. The minimum absolute atomic E-state index is 0.0978. The van der Waals surface area contributed by atoms with Crippen molar-refractivity contribution in [3.63, 3.8) is 0 Å². The Bertz CT molecular complexity index is 1550. The van der Waals surface area contributed by atoms with E-state index in [1.54, 1.807) is 30.1 Å². The molecule has 0 atom stereocenters. The fraction of sp³-hybridized carbons (Fsp3) is 0.286. The number of anilines is 1. The Labute approximate surface area is 217 Å². The van der Waals surface area contributed by atoms with Crippen LogP contribution in [0.2, 0.25) is 0 Å². The molecule has 37 heavy (non-hydrogen) atoms. The SMILES string of the molecule is Cc1nc(C(=O)N2CCc3cc(-c4nc(CC(=O)Cc5ccc6c(c5)OCO6)sc4C)ccc32)c(C)o1. The molecule has 1 amide bonds. The summed E-state index contributed by atoms with van der Waals surface area (Å²) in [5.41, 5.74) is 5.12. The number of carbonyl (C=O) groups excluding carboxylic acids is 2. The Morgan fingerprint density at radius 2 is 1.84 bits per heavy atom. The average Bonchev–Trinajstić information content (AvgIpc) is 3.64. The molecule has 0 saturated carbocycles. The van der Waals surface area contributed by atoms with Gasteiger partial charge in [0.15, 0.2) is 23.1 Å². The van der Waals surface area contributed by atoms with E-state index >= 15 is 0 Å². The number of fused-ring (bicyclic) bond motifs is 2. The molecule has 6 rings (SSSR count). The van der Waals surface area contributed by atoms with Crippen molar-refractivity contribution in [2.24, 2.45) is 0 Å². The number of hydrogen-bond acceptors (Lipinski definition) is 8. The first-order valence-electron chi connectivity index (χ1n) is 12.1. The first-order valence-corrected chi connectivity index (χ1v) is 12.9. The van der Waals surface area contributed by atoms with Crippen LogP contribution in [0, 0.1) is 20.8 Å². The van der Waals surface area contributed by atoms with Crippen molar-refractivity contribution in [2.75, 3.05) is 18.2 Å². The van der Waals surface area contributed by atoms with E-state index in [1.807, 2.05) is 37.3 Å². The number of ketones is 1. The number of rotatable bonds is 6. The van der Waals surface area contributed by atoms with Gasteiger partial charge in [0, 0.05) is 36.0 Å². The molecule has 4 aromatic rings. The van der Waals surface area contributed by atoms with Crippen LogP contribution in [0.15, 0.2) is 40.8 Å². The van der Waals surface area contributed by atoms with Crippen molar-refractivity contribution >= 4 is 28.7 Å². The summed E-state index contributed by atoms with van der Waals surface area (Å²) in [7, 11) is 0. The zero-order valence-corrected chi connectivity index (χ0v) is 21.6. The van der Waals surface area contributed by atoms with Crippen LogP contribution in [-0.2, 0) is 24.1 Å². The number of thiazole rings is 1. The molecule has 0 unspecified atom stereocenters. The summed E-state index contributed by atoms with van der Waals surface area (Å²) in [5, 5.41) is 0.799. The predicted octanol–water partition coefficient (Wildman–Crippen LogP) is 5.01. The highest BCUT2D eigenvalue weighted by Crippen LogP contribution is 2.36. The number of ether oxygens (including phenoxy) is 2. The first-order chi connectivity index (χ1) is 17.9. The molecule has 188 valence electrons. The maximum atomic E-state index is 13.1. The van der Waals surface area contributed by atoms with Crippen molar-refractivity contribution in [3.05, 3.63) is 74.8 Å². The Balaban J connectivity index is 1.17. The number of amides is 1. The molecule has 8 nitrogen and oxygen atoms in total. The maximum Gasteiger partial charge on any atom is 0.280 e. The van der Waals surface area contributed by atoms with Crippen LogP contribution in [-0.4, -0.2) is 35.0 Å². The standard InChI is InChI=1S/C28H25N3O5S/c1-15-26(29-17(3)36-15)28(33)31-9-8-19-12-20(5-6-22(19)31)27-16(2)37-25(30-27)13-21(32)10-18-4-7-23-24(11-18)35-14-34-23/h4-7,11-12H,8-10,13-14H2,1-3H3. The monoisotopic (exact) mass is 515 g/mol. The zero-order chi connectivity index (χ0) is 25.7. The van der Waals surface area contributed by atoms with Gasteiger partial charge in [0.25, 0.3) is 5.91 Å². The van der Waals surface area contributed by atoms with E-state index in [1.165, 1.54) is 0 Å². The van der Waals surface area contributed by atoms with Gasteiger partial charge in [-0.2, -0.15) is 0 Å². The van der Waals surface area contributed by atoms with E-state index < -0.39 is 0 Å². The van der Waals surface area contributed by atoms with Crippen molar-refractivity contribution in [1.29, 1.82) is 0 Å². The minimum atomic E-state index is -0.144. The van der Waals surface area contributed by atoms with Crippen LogP contribution in [0.1, 0.15) is 43.2 Å². The molecule has 0 fully saturated rings. The lowest BCUT2D eigenvalue weighted by molar-refractivity contribution is -0.117. The Morgan fingerprint density at radius 3 is 2.65 bits per heavy atom. The number of nitrogens with zero attached hydrogens (tertiary/aromatic N) is 3. The summed E-state index contributed by atoms with van der Waals surface area (Å²) in [6, 6.07) is 11.7. The number of aryl methyl sites for hydroxylation is 3. The van der Waals surface area contributed by atoms with E-state index in [0.29, 0.717) is 41.8 Å². The molecule has 0 bridgehead atoms. The second-order valence-corrected chi connectivity index (χ2v) is 10.6. The quantitative estimate of drug-likeness (QED) is 0.356. The molecular weight excluding hydrogens is 490 g/mol. The number of benzene rings is 2. The summed E-state index contributed by atoms with van der Waals surface area (Å²) in [4.78, 5) is 37.8. The summed E-state index contributed by atoms with van der Waals surface area (Å²) in [5.74, 6) is 2.36. The topological polar surface area (TPSA) is 94.8 Å². The third kappa shape index (κ3) is 4.40. The van der Waals surface area contributed by atoms with E-state index in [2.05, 4.69) is 11.1 Å². The maximum absolute atomic E-state index is 13.1. The highest BCUT2D eigenvalue weighted by Gasteiger charge is 2.29. The smallest absolute Gasteiger partial charge is 0.280 e. The number of carbonyl (C=O) groups is 2. The van der Waals surface area contributed by atoms with Gasteiger partial charge in [-0.05, 0) is 55.7 Å². The van der Waals surface area contributed by atoms with Gasteiger partial charge in [0.2, 0.25) is 6.79 Å². The highest BCUT2D eigenvalue weighted by atomic mass is 32.1. The second-order valence-electron chi connectivity index (χ2n) is 9.28. The molecule has 0 spiro atoms. The summed E-state index contributed by atoms with van der Waals surface area (Å²) < 4.78 is 16.2. The van der Waals surface area contributed by atoms with Crippen molar-refractivity contribution < 1.29 is 23.5 Å². The molecule has 9 heteroatoms. The lowest BCUT2D eigenvalue weighted by Gasteiger charge is -2.16. The Kier molecular flexibility index (Phi) is 5.79. The van der Waals surface area contributed by atoms with Gasteiger partial charge in [-0.3, -0.25) is 9.59 Å². The lowest BCUT2D eigenvalue weighted by atomic mass is 10.1. The summed E-state index contributed by atoms with van der Waals surface area (Å²) in [6.45, 7) is 6.33. The molecule has 2 aromatic heterocycles. The molecule has 2 aliphatic heterocycles. The number of Topliss-reactive ketones (excluding diaryl/α,β-unsaturated/α-hetero) is 1. The molecule has 4 heterocycles. The van der Waals surface area contributed by atoms with Gasteiger partial charge >= 0.3 is 0 Å². The van der Waals surface area contributed by atoms with Crippen molar-refractivity contribution in [2.45, 2.75) is 40.0 Å². The highest BCUT2D eigenvalue weighted by molar-refractivity contribution is 7.12. The van der Waals surface area contributed by atoms with Crippen LogP contribution in [0.3, 0.4) is 0 Å². The van der Waals surface area contributed by atoms with E-state index in [-0.39, 0.29) is 24.9 Å². The van der Waals surface area contributed by atoms with Gasteiger partial charge in [-0.15, -0.1) is 11.3 Å². The van der Waals surface area contributed by atoms with Crippen LogP contribution in [0.5, 0.6) is 11.5 Å². The number of hydrogen-bond donors (Lipinski definition) is 0. The van der Waals surface area contributed by atoms with Gasteiger partial charge in [0.05, 0.1) is 12.1 Å². The fourth-order valence-electron chi connectivity index (χ4n) is 4.92. The molecule has 0 radical (unpaired) electrons. The third-order valence-electron chi connectivity index (χ3n) is 6.63. The van der Waals surface area contributed by atoms with Gasteiger partial charge < -0.3 is 18.8 Å². The average molecular weight is 516 g/mol. The van der Waals surface area contributed by atoms with E-state index in [4.69, 9.17) is 18.9 Å². The largest absolute Gasteiger partial charge is 0.454 e. The first kappa shape index (κ1) is 23.4. The Morgan fingerprint density at radius 1 is 1.00 bits per heavy atom. The lowest BCUT2D eigenvalue weighted by Crippen LogP contribution is -2.29. The van der Waals surface area contributed by atoms with Gasteiger partial charge in [0.1, 0.15) is 16.6 Å². The predicted molar refractivity (Wildman–Crippen MR) is 139 cm³/mol. The second kappa shape index (κ2) is 9.15. The third-order valence-corrected chi connectivity index (χ3v) is 7.60. The van der Waals surface area contributed by atoms with Crippen molar-refractivity contribution in [1.82, 2.24) is 9.97 Å². The normalized spacial score (nSPS) is 13.8. The molecule has 0 N–H and O–H groups in total. The fourth-order valence-corrected chi connectivity index (χ4v) is 5.90. The molecule has 0 aliphatic carbocycles. The summed E-state index contributed by atoms with van der Waals surface area (Å²) >= 11 is 1.55. The zero-order valence-electron chi connectivity index (χ0n) is 20.8. The van der Waals surface area contributed by atoms with Crippen LogP contribution in [0.4, 0.5) is 5.69 Å². The molecule has 2 aromatic carbocycles. The van der Waals surface area contributed by atoms with Crippen LogP contribution >= 0.6 is 11.3 Å². The van der Waals surface area contributed by atoms with Gasteiger partial charge in [-0.1, -0.05) is 12.1 Å². The van der Waals surface area contributed by atoms with Crippen molar-refractivity contribution in [3.8, 4) is 22.8 Å². The van der Waals surface area contributed by atoms with E-state index in [9.17, 15) is 9.59 Å². The Hall–Kier alpha value is -3.98. The number of oxazole rings is 1. The van der Waals surface area contributed by atoms with E-state index in [0.717, 1.165) is 44.4 Å². The minimum Gasteiger partial charge on any atom is -0.454 e. The van der Waals surface area contributed by atoms with Crippen LogP contribution < -0.4 is 14.4 Å². The summed E-state index contributed by atoms with van der Waals surface area (Å²) in [6.07, 6.45) is 1.36. The molecule has 0 saturated heterocycles. The van der Waals surface area contributed by atoms with Gasteiger partial charge in [-0.25, -0.2) is 9.97 Å².